The first-order chi connectivity index (χ1) is 24.2. The number of allylic oxidation sites excluding steroid dienone is 3. The fraction of sp³-hybridized carbons (Fsp3) is 0.0222. The SMILES string of the molecule is N#Cc1ccc(-c2cccc(-n3c4ccccc4c4ccccc43)c2)c(-c2ccccc2-n2c3c(c4cccc(C#N)c42)CC=CC=C3)c1. The van der Waals surface area contributed by atoms with Crippen LogP contribution in [0.4, 0.5) is 0 Å². The van der Waals surface area contributed by atoms with Gasteiger partial charge in [0.25, 0.3) is 0 Å². The van der Waals surface area contributed by atoms with E-state index in [1.807, 2.05) is 36.4 Å². The van der Waals surface area contributed by atoms with E-state index in [9.17, 15) is 10.5 Å². The van der Waals surface area contributed by atoms with Crippen LogP contribution in [0.3, 0.4) is 0 Å². The fourth-order valence-corrected chi connectivity index (χ4v) is 7.56. The molecule has 0 atom stereocenters. The molecule has 4 heteroatoms. The van der Waals surface area contributed by atoms with Crippen LogP contribution in [0.15, 0.2) is 152 Å². The summed E-state index contributed by atoms with van der Waals surface area (Å²) in [6.45, 7) is 0. The van der Waals surface area contributed by atoms with Gasteiger partial charge in [-0.3, -0.25) is 0 Å². The van der Waals surface area contributed by atoms with Crippen LogP contribution in [0.2, 0.25) is 0 Å². The highest BCUT2D eigenvalue weighted by atomic mass is 15.0. The number of para-hydroxylation sites is 4. The summed E-state index contributed by atoms with van der Waals surface area (Å²) in [5, 5.41) is 23.9. The second kappa shape index (κ2) is 11.4. The van der Waals surface area contributed by atoms with Gasteiger partial charge in [0.15, 0.2) is 0 Å². The molecule has 4 nitrogen and oxygen atoms in total. The molecule has 1 aliphatic rings. The lowest BCUT2D eigenvalue weighted by atomic mass is 9.91. The molecule has 0 fully saturated rings. The van der Waals surface area contributed by atoms with Crippen molar-refractivity contribution in [2.45, 2.75) is 6.42 Å². The maximum absolute atomic E-state index is 10.3. The Morgan fingerprint density at radius 3 is 2.08 bits per heavy atom. The van der Waals surface area contributed by atoms with E-state index >= 15 is 0 Å². The molecule has 49 heavy (non-hydrogen) atoms. The Morgan fingerprint density at radius 2 is 1.29 bits per heavy atom. The zero-order valence-electron chi connectivity index (χ0n) is 26.5. The normalized spacial score (nSPS) is 12.2. The molecule has 0 unspecified atom stereocenters. The first-order valence-electron chi connectivity index (χ1n) is 16.4. The topological polar surface area (TPSA) is 57.4 Å². The number of nitriles is 2. The number of fused-ring (bicyclic) bond motifs is 6. The summed E-state index contributed by atoms with van der Waals surface area (Å²) in [5.74, 6) is 0. The third-order valence-corrected chi connectivity index (χ3v) is 9.66. The van der Waals surface area contributed by atoms with Crippen LogP contribution in [0, 0.1) is 22.7 Å². The van der Waals surface area contributed by atoms with Crippen LogP contribution < -0.4 is 0 Å². The second-order valence-corrected chi connectivity index (χ2v) is 12.3. The predicted octanol–water partition coefficient (Wildman–Crippen LogP) is 10.9. The van der Waals surface area contributed by atoms with Gasteiger partial charge >= 0.3 is 0 Å². The minimum atomic E-state index is 0.588. The molecule has 0 radical (unpaired) electrons. The van der Waals surface area contributed by atoms with E-state index in [1.165, 1.54) is 16.3 Å². The van der Waals surface area contributed by atoms with Gasteiger partial charge in [0.2, 0.25) is 0 Å². The van der Waals surface area contributed by atoms with Gasteiger partial charge in [-0.15, -0.1) is 0 Å². The molecule has 1 aliphatic carbocycles. The van der Waals surface area contributed by atoms with Crippen molar-refractivity contribution in [3.05, 3.63) is 174 Å². The molecule has 0 saturated heterocycles. The number of hydrogen-bond donors (Lipinski definition) is 0. The summed E-state index contributed by atoms with van der Waals surface area (Å²) in [7, 11) is 0. The van der Waals surface area contributed by atoms with Crippen molar-refractivity contribution >= 4 is 38.8 Å². The minimum absolute atomic E-state index is 0.588. The summed E-state index contributed by atoms with van der Waals surface area (Å²) in [4.78, 5) is 0. The van der Waals surface area contributed by atoms with Gasteiger partial charge in [-0.1, -0.05) is 103 Å². The lowest BCUT2D eigenvalue weighted by Crippen LogP contribution is -2.02. The number of benzene rings is 6. The monoisotopic (exact) mass is 624 g/mol. The number of hydrogen-bond acceptors (Lipinski definition) is 2. The molecular weight excluding hydrogens is 597 g/mol. The van der Waals surface area contributed by atoms with Gasteiger partial charge in [0.05, 0.1) is 45.1 Å². The van der Waals surface area contributed by atoms with Crippen LogP contribution in [0.1, 0.15) is 22.4 Å². The molecule has 0 aliphatic heterocycles. The molecule has 0 N–H and O–H groups in total. The maximum Gasteiger partial charge on any atom is 0.101 e. The summed E-state index contributed by atoms with van der Waals surface area (Å²) in [6.07, 6.45) is 9.22. The van der Waals surface area contributed by atoms with Crippen LogP contribution in [-0.2, 0) is 6.42 Å². The molecule has 9 rings (SSSR count). The summed E-state index contributed by atoms with van der Waals surface area (Å²) in [5.41, 5.74) is 12.7. The lowest BCUT2D eigenvalue weighted by Gasteiger charge is -2.19. The van der Waals surface area contributed by atoms with E-state index in [1.54, 1.807) is 0 Å². The van der Waals surface area contributed by atoms with Crippen molar-refractivity contribution in [2.24, 2.45) is 0 Å². The molecule has 8 aromatic rings. The maximum atomic E-state index is 10.3. The van der Waals surface area contributed by atoms with Gasteiger partial charge in [0.1, 0.15) is 6.07 Å². The van der Waals surface area contributed by atoms with Gasteiger partial charge in [-0.05, 0) is 83.3 Å². The van der Waals surface area contributed by atoms with E-state index in [-0.39, 0.29) is 0 Å². The zero-order chi connectivity index (χ0) is 32.9. The number of aromatic nitrogens is 2. The first-order valence-corrected chi connectivity index (χ1v) is 16.4. The van der Waals surface area contributed by atoms with Gasteiger partial charge < -0.3 is 9.13 Å². The van der Waals surface area contributed by atoms with E-state index < -0.39 is 0 Å². The predicted molar refractivity (Wildman–Crippen MR) is 200 cm³/mol. The Labute approximate surface area is 283 Å². The van der Waals surface area contributed by atoms with E-state index in [4.69, 9.17) is 0 Å². The highest BCUT2D eigenvalue weighted by molar-refractivity contribution is 6.09. The molecule has 0 spiro atoms. The third kappa shape index (κ3) is 4.43. The first kappa shape index (κ1) is 28.4. The number of nitrogens with zero attached hydrogens (tertiary/aromatic N) is 4. The standard InChI is InChI=1S/C45H28N4/c46-28-30-24-25-34(31-12-10-14-33(27-31)48-41-21-7-4-16-35(41)36-17-5-8-22-42(36)48)40(26-30)38-18-6-9-23-44(38)49-43-20-3-1-2-15-37(43)39-19-11-13-32(29-47)45(39)49/h1-14,16-27H,15H2. The Morgan fingerprint density at radius 1 is 0.551 bits per heavy atom. The second-order valence-electron chi connectivity index (χ2n) is 12.3. The highest BCUT2D eigenvalue weighted by Crippen LogP contribution is 2.42. The largest absolute Gasteiger partial charge is 0.309 e. The van der Waals surface area contributed by atoms with Crippen molar-refractivity contribution in [1.82, 2.24) is 9.13 Å². The van der Waals surface area contributed by atoms with Crippen molar-refractivity contribution in [3.63, 3.8) is 0 Å². The summed E-state index contributed by atoms with van der Waals surface area (Å²) < 4.78 is 4.57. The Kier molecular flexibility index (Phi) is 6.61. The average molecular weight is 625 g/mol. The van der Waals surface area contributed by atoms with Gasteiger partial charge in [0, 0.05) is 27.4 Å². The van der Waals surface area contributed by atoms with Crippen LogP contribution in [0.5, 0.6) is 0 Å². The van der Waals surface area contributed by atoms with E-state index in [0.717, 1.165) is 67.7 Å². The molecule has 0 bridgehead atoms. The quantitative estimate of drug-likeness (QED) is 0.196. The van der Waals surface area contributed by atoms with Gasteiger partial charge in [-0.25, -0.2) is 0 Å². The highest BCUT2D eigenvalue weighted by Gasteiger charge is 2.23. The summed E-state index contributed by atoms with van der Waals surface area (Å²) >= 11 is 0. The number of rotatable bonds is 4. The Balaban J connectivity index is 1.30. The van der Waals surface area contributed by atoms with Crippen molar-refractivity contribution < 1.29 is 0 Å². The zero-order valence-corrected chi connectivity index (χ0v) is 26.5. The van der Waals surface area contributed by atoms with Crippen LogP contribution >= 0.6 is 0 Å². The van der Waals surface area contributed by atoms with Crippen molar-refractivity contribution in [3.8, 4) is 45.8 Å². The minimum Gasteiger partial charge on any atom is -0.309 e. The molecule has 2 heterocycles. The fourth-order valence-electron chi connectivity index (χ4n) is 7.56. The molecule has 0 amide bonds. The molecule has 6 aromatic carbocycles. The smallest absolute Gasteiger partial charge is 0.101 e. The molecular formula is C45H28N4. The van der Waals surface area contributed by atoms with Crippen molar-refractivity contribution in [2.75, 3.05) is 0 Å². The Hall–Kier alpha value is -6.88. The van der Waals surface area contributed by atoms with E-state index in [2.05, 4.69) is 143 Å². The van der Waals surface area contributed by atoms with Gasteiger partial charge in [-0.2, -0.15) is 10.5 Å². The van der Waals surface area contributed by atoms with Crippen LogP contribution in [0.25, 0.3) is 72.4 Å². The van der Waals surface area contributed by atoms with E-state index in [0.29, 0.717) is 11.1 Å². The summed E-state index contributed by atoms with van der Waals surface area (Å²) in [6, 6.07) is 50.8. The molecule has 228 valence electrons. The molecule has 0 saturated carbocycles. The average Bonchev–Trinajstić information content (AvgIpc) is 3.55. The van der Waals surface area contributed by atoms with Crippen LogP contribution in [-0.4, -0.2) is 9.13 Å². The molecule has 2 aromatic heterocycles. The lowest BCUT2D eigenvalue weighted by molar-refractivity contribution is 1.09. The van der Waals surface area contributed by atoms with Crippen molar-refractivity contribution in [1.29, 1.82) is 10.5 Å². The Bertz CT molecular complexity index is 2720. The third-order valence-electron chi connectivity index (χ3n) is 9.66.